The van der Waals surface area contributed by atoms with Crippen LogP contribution in [0.2, 0.25) is 0 Å². The molecule has 3 rings (SSSR count). The third-order valence-electron chi connectivity index (χ3n) is 3.93. The van der Waals surface area contributed by atoms with Crippen LogP contribution in [-0.4, -0.2) is 51.6 Å². The first-order valence-corrected chi connectivity index (χ1v) is 8.73. The molecule has 2 aliphatic rings. The predicted molar refractivity (Wildman–Crippen MR) is 80.1 cm³/mol. The van der Waals surface area contributed by atoms with E-state index in [1.54, 1.807) is 0 Å². The lowest BCUT2D eigenvalue weighted by Gasteiger charge is -2.29. The van der Waals surface area contributed by atoms with Crippen LogP contribution in [0, 0.1) is 0 Å². The van der Waals surface area contributed by atoms with E-state index in [-0.39, 0.29) is 6.10 Å². The third-order valence-corrected chi connectivity index (χ3v) is 5.46. The Morgan fingerprint density at radius 3 is 2.90 bits per heavy atom. The van der Waals surface area contributed by atoms with Crippen molar-refractivity contribution < 1.29 is 13.2 Å². The van der Waals surface area contributed by atoms with E-state index < -0.39 is 10.2 Å². The number of benzene rings is 1. The zero-order valence-corrected chi connectivity index (χ0v) is 12.7. The van der Waals surface area contributed by atoms with Gasteiger partial charge in [0.15, 0.2) is 0 Å². The molecule has 0 spiro atoms. The lowest BCUT2D eigenvalue weighted by molar-refractivity contribution is 0.0321. The molecule has 1 saturated heterocycles. The Labute approximate surface area is 125 Å². The van der Waals surface area contributed by atoms with E-state index >= 15 is 0 Å². The van der Waals surface area contributed by atoms with Gasteiger partial charge >= 0.3 is 0 Å². The molecule has 1 fully saturated rings. The largest absolute Gasteiger partial charge is 0.374 e. The maximum absolute atomic E-state index is 12.4. The van der Waals surface area contributed by atoms with Gasteiger partial charge in [0.05, 0.1) is 12.7 Å². The molecular weight excluding hydrogens is 290 g/mol. The molecule has 0 bridgehead atoms. The molecule has 1 aromatic carbocycles. The van der Waals surface area contributed by atoms with E-state index in [0.717, 1.165) is 18.5 Å². The summed E-state index contributed by atoms with van der Waals surface area (Å²) in [5.41, 5.74) is 2.33. The van der Waals surface area contributed by atoms with Gasteiger partial charge < -0.3 is 10.1 Å². The second-order valence-corrected chi connectivity index (χ2v) is 7.16. The van der Waals surface area contributed by atoms with Crippen LogP contribution in [0.1, 0.15) is 11.1 Å². The first kappa shape index (κ1) is 14.9. The van der Waals surface area contributed by atoms with Gasteiger partial charge in [0, 0.05) is 32.7 Å². The number of morpholine rings is 1. The van der Waals surface area contributed by atoms with Crippen molar-refractivity contribution in [1.82, 2.24) is 14.3 Å². The Kier molecular flexibility index (Phi) is 4.56. The average Bonchev–Trinajstić information content (AvgIpc) is 2.53. The van der Waals surface area contributed by atoms with Crippen LogP contribution in [0.25, 0.3) is 0 Å². The quantitative estimate of drug-likeness (QED) is 0.812. The first-order valence-electron chi connectivity index (χ1n) is 7.29. The van der Waals surface area contributed by atoms with Crippen molar-refractivity contribution in [2.75, 3.05) is 32.8 Å². The van der Waals surface area contributed by atoms with E-state index in [2.05, 4.69) is 16.1 Å². The average molecular weight is 311 g/mol. The monoisotopic (exact) mass is 311 g/mol. The molecule has 0 saturated carbocycles. The van der Waals surface area contributed by atoms with Crippen molar-refractivity contribution in [3.8, 4) is 0 Å². The van der Waals surface area contributed by atoms with Gasteiger partial charge in [-0.25, -0.2) is 0 Å². The summed E-state index contributed by atoms with van der Waals surface area (Å²) < 4.78 is 34.4. The summed E-state index contributed by atoms with van der Waals surface area (Å²) in [5.74, 6) is 0. The summed E-state index contributed by atoms with van der Waals surface area (Å²) in [6.07, 6.45) is 0.670. The highest BCUT2D eigenvalue weighted by atomic mass is 32.2. The lowest BCUT2D eigenvalue weighted by Crippen LogP contribution is -2.49. The van der Waals surface area contributed by atoms with E-state index in [9.17, 15) is 8.42 Å². The summed E-state index contributed by atoms with van der Waals surface area (Å²) >= 11 is 0. The number of hydrogen-bond donors (Lipinski definition) is 2. The minimum absolute atomic E-state index is 0.0920. The number of fused-ring (bicyclic) bond motifs is 1. The van der Waals surface area contributed by atoms with E-state index in [4.69, 9.17) is 4.74 Å². The number of nitrogens with one attached hydrogen (secondary N) is 2. The van der Waals surface area contributed by atoms with Crippen LogP contribution in [0.4, 0.5) is 0 Å². The van der Waals surface area contributed by atoms with Crippen LogP contribution in [0.15, 0.2) is 24.3 Å². The second kappa shape index (κ2) is 6.41. The minimum atomic E-state index is -3.45. The maximum atomic E-state index is 12.4. The van der Waals surface area contributed by atoms with Crippen LogP contribution in [0.3, 0.4) is 0 Å². The van der Waals surface area contributed by atoms with Crippen LogP contribution < -0.4 is 10.0 Å². The summed E-state index contributed by atoms with van der Waals surface area (Å²) in [5, 5.41) is 3.19. The van der Waals surface area contributed by atoms with Gasteiger partial charge in [0.1, 0.15) is 0 Å². The Bertz CT molecular complexity index is 585. The van der Waals surface area contributed by atoms with Crippen molar-refractivity contribution in [1.29, 1.82) is 0 Å². The molecule has 116 valence electrons. The van der Waals surface area contributed by atoms with Crippen molar-refractivity contribution in [2.45, 2.75) is 19.1 Å². The van der Waals surface area contributed by atoms with Crippen LogP contribution >= 0.6 is 0 Å². The fourth-order valence-electron chi connectivity index (χ4n) is 2.72. The van der Waals surface area contributed by atoms with E-state index in [0.29, 0.717) is 32.8 Å². The van der Waals surface area contributed by atoms with Crippen molar-refractivity contribution in [3.63, 3.8) is 0 Å². The number of ether oxygens (including phenoxy) is 1. The Balaban J connectivity index is 1.60. The lowest BCUT2D eigenvalue weighted by atomic mass is 10.0. The Morgan fingerprint density at radius 1 is 1.33 bits per heavy atom. The highest BCUT2D eigenvalue weighted by Gasteiger charge is 2.27. The van der Waals surface area contributed by atoms with E-state index in [1.807, 2.05) is 18.2 Å². The highest BCUT2D eigenvalue weighted by Crippen LogP contribution is 2.20. The molecule has 0 aliphatic carbocycles. The molecule has 21 heavy (non-hydrogen) atoms. The molecular formula is C14H21N3O3S. The summed E-state index contributed by atoms with van der Waals surface area (Å²) in [4.78, 5) is 0. The zero-order valence-electron chi connectivity index (χ0n) is 11.9. The van der Waals surface area contributed by atoms with Crippen molar-refractivity contribution >= 4 is 10.2 Å². The summed E-state index contributed by atoms with van der Waals surface area (Å²) in [6.45, 7) is 3.42. The molecule has 7 heteroatoms. The Hall–Kier alpha value is -0.990. The normalized spacial score (nSPS) is 23.7. The van der Waals surface area contributed by atoms with Crippen molar-refractivity contribution in [2.24, 2.45) is 0 Å². The third kappa shape index (κ3) is 3.61. The smallest absolute Gasteiger partial charge is 0.279 e. The topological polar surface area (TPSA) is 70.7 Å². The standard InChI is InChI=1S/C14H21N3O3S/c18-21(19,16-10-14-9-15-6-8-20-14)17-7-5-12-3-1-2-4-13(12)11-17/h1-4,14-16H,5-11H2. The molecule has 1 aromatic rings. The molecule has 2 heterocycles. The van der Waals surface area contributed by atoms with Gasteiger partial charge in [0.25, 0.3) is 10.2 Å². The second-order valence-electron chi connectivity index (χ2n) is 5.40. The van der Waals surface area contributed by atoms with E-state index in [1.165, 1.54) is 9.87 Å². The molecule has 0 amide bonds. The molecule has 1 atom stereocenters. The van der Waals surface area contributed by atoms with Gasteiger partial charge in [-0.2, -0.15) is 17.4 Å². The summed E-state index contributed by atoms with van der Waals surface area (Å²) in [7, 11) is -3.45. The molecule has 0 radical (unpaired) electrons. The number of nitrogens with zero attached hydrogens (tertiary/aromatic N) is 1. The van der Waals surface area contributed by atoms with Crippen LogP contribution in [0.5, 0.6) is 0 Å². The van der Waals surface area contributed by atoms with Gasteiger partial charge in [-0.1, -0.05) is 24.3 Å². The number of hydrogen-bond acceptors (Lipinski definition) is 4. The van der Waals surface area contributed by atoms with Crippen LogP contribution in [-0.2, 0) is 27.9 Å². The van der Waals surface area contributed by atoms with Crippen molar-refractivity contribution in [3.05, 3.63) is 35.4 Å². The maximum Gasteiger partial charge on any atom is 0.279 e. The van der Waals surface area contributed by atoms with Gasteiger partial charge in [-0.3, -0.25) is 0 Å². The SMILES string of the molecule is O=S(=O)(NCC1CNCCO1)N1CCc2ccccc2C1. The fourth-order valence-corrected chi connectivity index (χ4v) is 3.94. The first-order chi connectivity index (χ1) is 10.1. The fraction of sp³-hybridized carbons (Fsp3) is 0.571. The molecule has 1 unspecified atom stereocenters. The highest BCUT2D eigenvalue weighted by molar-refractivity contribution is 7.87. The zero-order chi connectivity index (χ0) is 14.7. The van der Waals surface area contributed by atoms with Gasteiger partial charge in [-0.15, -0.1) is 0 Å². The van der Waals surface area contributed by atoms with Gasteiger partial charge in [-0.05, 0) is 17.5 Å². The molecule has 2 N–H and O–H groups in total. The minimum Gasteiger partial charge on any atom is -0.374 e. The molecule has 6 nitrogen and oxygen atoms in total. The van der Waals surface area contributed by atoms with Gasteiger partial charge in [0.2, 0.25) is 0 Å². The number of rotatable bonds is 4. The Morgan fingerprint density at radius 2 is 2.14 bits per heavy atom. The molecule has 0 aromatic heterocycles. The molecule has 2 aliphatic heterocycles. The summed E-state index contributed by atoms with van der Waals surface area (Å²) in [6, 6.07) is 8.00. The predicted octanol–water partition coefficient (Wildman–Crippen LogP) is -0.132.